The molecule has 1 aliphatic heterocycles. The van der Waals surface area contributed by atoms with Crippen molar-refractivity contribution in [1.82, 2.24) is 29.8 Å². The van der Waals surface area contributed by atoms with Crippen molar-refractivity contribution in [2.24, 2.45) is 0 Å². The van der Waals surface area contributed by atoms with Crippen molar-refractivity contribution in [3.8, 4) is 89.7 Å². The molecule has 128 heavy (non-hydrogen) atoms. The molecule has 22 heteroatoms. The predicted octanol–water partition coefficient (Wildman–Crippen LogP) is 31.4. The lowest BCUT2D eigenvalue weighted by atomic mass is 9.96. The van der Waals surface area contributed by atoms with Crippen LogP contribution in [0.1, 0.15) is 75.1 Å². The van der Waals surface area contributed by atoms with Gasteiger partial charge >= 0.3 is 0 Å². The maximum atomic E-state index is 12.6. The first-order valence-electron chi connectivity index (χ1n) is 40.8. The second kappa shape index (κ2) is 43.5. The topological polar surface area (TPSA) is 163 Å². The van der Waals surface area contributed by atoms with Gasteiger partial charge in [0.05, 0.1) is 78.6 Å². The highest BCUT2D eigenvalue weighted by molar-refractivity contribution is 9.09. The van der Waals surface area contributed by atoms with Gasteiger partial charge in [0.15, 0.2) is 5.78 Å². The van der Waals surface area contributed by atoms with Gasteiger partial charge in [0.25, 0.3) is 5.24 Å². The molecule has 19 rings (SSSR count). The van der Waals surface area contributed by atoms with Gasteiger partial charge in [0, 0.05) is 142 Å². The van der Waals surface area contributed by atoms with Crippen molar-refractivity contribution in [2.45, 2.75) is 37.7 Å². The van der Waals surface area contributed by atoms with Gasteiger partial charge in [-0.3, -0.25) is 14.5 Å². The number of hydrogen-bond donors (Lipinski definition) is 3. The third-order valence-corrected chi connectivity index (χ3v) is 25.4. The molecule has 3 unspecified atom stereocenters. The van der Waals surface area contributed by atoms with Gasteiger partial charge in [-0.05, 0) is 155 Å². The van der Waals surface area contributed by atoms with E-state index in [9.17, 15) is 24.9 Å². The van der Waals surface area contributed by atoms with E-state index < -0.39 is 23.7 Å². The number of hydrogen-bond acceptors (Lipinski definition) is 11. The van der Waals surface area contributed by atoms with E-state index in [2.05, 4.69) is 88.0 Å². The molecule has 1 fully saturated rings. The number of benzene rings is 13. The third-order valence-electron chi connectivity index (χ3n) is 21.8. The van der Waals surface area contributed by atoms with E-state index in [1.165, 1.54) is 6.42 Å². The predicted molar refractivity (Wildman–Crippen MR) is 543 cm³/mol. The van der Waals surface area contributed by atoms with Crippen molar-refractivity contribution in [1.29, 1.82) is 0 Å². The molecule has 0 amide bonds. The Morgan fingerprint density at radius 3 is 1.09 bits per heavy atom. The molecule has 0 bridgehead atoms. The highest BCUT2D eigenvalue weighted by Gasteiger charge is 2.26. The first-order valence-corrected chi connectivity index (χ1v) is 47.2. The van der Waals surface area contributed by atoms with Crippen LogP contribution in [0.5, 0.6) is 0 Å². The molecule has 1 saturated heterocycles. The number of carbonyl (C=O) groups excluding carboxylic acids is 2. The number of likely N-dealkylation sites (tertiary alicyclic amines) is 1. The molecule has 11 nitrogen and oxygen atoms in total. The average Bonchev–Trinajstić information content (AvgIpc) is 0.767. The number of ketones is 1. The number of piperidine rings is 1. The summed E-state index contributed by atoms with van der Waals surface area (Å²) in [6.45, 7) is 1.82. The van der Waals surface area contributed by atoms with Crippen LogP contribution in [0.4, 0.5) is 0 Å². The number of carbonyl (C=O) groups is 2. The number of para-hydroxylation sites is 3. The molecule has 1 aliphatic rings. The van der Waals surface area contributed by atoms with Crippen LogP contribution in [0.15, 0.2) is 334 Å². The number of fused-ring (bicyclic) bond motifs is 5. The molecule has 0 spiro atoms. The molecule has 6 heterocycles. The lowest BCUT2D eigenvalue weighted by Gasteiger charge is -2.32. The summed E-state index contributed by atoms with van der Waals surface area (Å²) in [5, 5.41) is 41.2. The summed E-state index contributed by atoms with van der Waals surface area (Å²) in [5.41, 5.74) is 22.2. The first-order chi connectivity index (χ1) is 62.2. The average molecular weight is 2040 g/mol. The van der Waals surface area contributed by atoms with Crippen LogP contribution in [0.2, 0.25) is 35.2 Å². The lowest BCUT2D eigenvalue weighted by Crippen LogP contribution is -2.33. The molecule has 3 N–H and O–H groups in total. The Hall–Kier alpha value is -10.2. The minimum atomic E-state index is -0.664. The van der Waals surface area contributed by atoms with Crippen LogP contribution in [-0.4, -0.2) is 85.2 Å². The number of rotatable bonds is 17. The summed E-state index contributed by atoms with van der Waals surface area (Å²) in [7, 11) is 0. The highest BCUT2D eigenvalue weighted by Crippen LogP contribution is 2.42. The van der Waals surface area contributed by atoms with Crippen LogP contribution in [0.25, 0.3) is 144 Å². The molecule has 0 radical (unpaired) electrons. The van der Waals surface area contributed by atoms with E-state index in [1.807, 2.05) is 273 Å². The normalized spacial score (nSPS) is 12.6. The molecule has 0 aliphatic carbocycles. The summed E-state index contributed by atoms with van der Waals surface area (Å²) in [6, 6.07) is 106. The van der Waals surface area contributed by atoms with Crippen molar-refractivity contribution in [3.05, 3.63) is 397 Å². The van der Waals surface area contributed by atoms with Crippen molar-refractivity contribution in [3.63, 3.8) is 0 Å². The van der Waals surface area contributed by atoms with Gasteiger partial charge in [0.2, 0.25) is 0 Å². The van der Waals surface area contributed by atoms with Gasteiger partial charge < -0.3 is 15.3 Å². The number of Topliss-reactive ketones (excluding diaryl/α,β-unsaturated/α-hetero) is 1. The number of pyridine rings is 5. The highest BCUT2D eigenvalue weighted by atomic mass is 79.9. The Balaban J connectivity index is 0.000000123. The molecule has 13 aromatic carbocycles. The van der Waals surface area contributed by atoms with E-state index in [0.717, 1.165) is 176 Å². The van der Waals surface area contributed by atoms with E-state index in [-0.39, 0.29) is 11.1 Å². The second-order valence-corrected chi connectivity index (χ2v) is 35.3. The van der Waals surface area contributed by atoms with Gasteiger partial charge in [-0.2, -0.15) is 0 Å². The zero-order chi connectivity index (χ0) is 89.5. The fraction of sp³-hybridized carbons (Fsp3) is 0.104. The minimum Gasteiger partial charge on any atom is -0.388 e. The Labute approximate surface area is 806 Å². The molecule has 5 aromatic heterocycles. The van der Waals surface area contributed by atoms with Crippen molar-refractivity contribution in [2.75, 3.05) is 29.1 Å². The van der Waals surface area contributed by atoms with E-state index in [1.54, 1.807) is 30.3 Å². The number of aliphatic hydroxyl groups is 3. The number of halogens is 11. The fourth-order valence-electron chi connectivity index (χ4n) is 15.4. The number of aromatic nitrogens is 5. The van der Waals surface area contributed by atoms with Crippen molar-refractivity contribution >= 4 is 206 Å². The van der Waals surface area contributed by atoms with E-state index >= 15 is 0 Å². The van der Waals surface area contributed by atoms with Crippen LogP contribution in [0.3, 0.4) is 0 Å². The van der Waals surface area contributed by atoms with E-state index in [4.69, 9.17) is 113 Å². The molecule has 3 atom stereocenters. The smallest absolute Gasteiger partial charge is 0.253 e. The number of nitrogens with zero attached hydrogens (tertiary/aromatic N) is 6. The largest absolute Gasteiger partial charge is 0.388 e. The summed E-state index contributed by atoms with van der Waals surface area (Å²) in [5.74, 6) is 0.0304. The quantitative estimate of drug-likeness (QED) is 0.0452. The number of aliphatic hydroxyl groups excluding tert-OH is 3. The van der Waals surface area contributed by atoms with Crippen LogP contribution >= 0.6 is 141 Å². The molecule has 638 valence electrons. The van der Waals surface area contributed by atoms with Gasteiger partial charge in [0.1, 0.15) is 6.23 Å². The maximum Gasteiger partial charge on any atom is 0.253 e. The van der Waals surface area contributed by atoms with Crippen LogP contribution in [-0.2, 0) is 0 Å². The zero-order valence-electron chi connectivity index (χ0n) is 68.1. The molecular formula is C106H77Br3Cl8N6O5. The monoisotopic (exact) mass is 2030 g/mol. The third kappa shape index (κ3) is 22.1. The van der Waals surface area contributed by atoms with Crippen LogP contribution in [0, 0.1) is 0 Å². The fourth-order valence-corrected chi connectivity index (χ4v) is 17.8. The van der Waals surface area contributed by atoms with Crippen LogP contribution < -0.4 is 0 Å². The Morgan fingerprint density at radius 1 is 0.312 bits per heavy atom. The van der Waals surface area contributed by atoms with Gasteiger partial charge in [-0.1, -0.05) is 366 Å². The first kappa shape index (κ1) is 92.6. The molecule has 18 aromatic rings. The zero-order valence-corrected chi connectivity index (χ0v) is 78.9. The molecule has 0 saturated carbocycles. The maximum absolute atomic E-state index is 12.6. The SMILES string of the molecule is O=C(CBr)c1cc(-c2ccc(Cl)cc2)nc2c(-c3ccccc3)cccc12.O=C(Cl)c1cc(-c2ccc(Cl)cc2)nc2c(-c3ccccc3)cccc12.OC(CBr)c1cc(-c2ccc(Cl)cc2)nc2c(-c3ccccc3)cccc12.OC(CBr)c1cc(-c2ccccc2)nc2c(Cl)cc(Cl)cc12.OC(c1cc(-c2ccc(Cl)cc2)nc2cc(Cl)ccc12)N1CCCCC1. The summed E-state index contributed by atoms with van der Waals surface area (Å²) in [4.78, 5) is 50.9. The second-order valence-electron chi connectivity index (χ2n) is 30.1. The summed E-state index contributed by atoms with van der Waals surface area (Å²) in [6.07, 6.45) is 1.54. The summed E-state index contributed by atoms with van der Waals surface area (Å²) < 4.78 is 0. The van der Waals surface area contributed by atoms with Crippen molar-refractivity contribution < 1.29 is 24.9 Å². The van der Waals surface area contributed by atoms with Gasteiger partial charge in [-0.25, -0.2) is 24.9 Å². The lowest BCUT2D eigenvalue weighted by molar-refractivity contribution is -0.00878. The Bertz CT molecular complexity index is 7000. The summed E-state index contributed by atoms with van der Waals surface area (Å²) >= 11 is 58.5. The number of alkyl halides is 3. The standard InChI is InChI=1S/C23H17BrClNO.C23H15BrClNO.C22H13Cl2NO.C21H20Cl2N2O.C17H12BrCl2NO/c2*24-14-22(27)20-13-21(16-9-11-17(25)12-10-16)26-23-18(7-4-8-19(20)23)15-5-2-1-3-6-15;23-16-11-9-15(10-12-16)20-13-19(22(24)26)18-8-4-7-17(21(18)25-20)14-5-2-1-3-6-14;22-15-6-4-14(5-7-15)19-13-18(21(26)25-10-2-1-3-11-25)17-9-8-16(23)12-20(17)24-19;18-9-16(22)12-8-15(10-4-2-1-3-5-10)21-17-13(12)6-11(19)7-14(17)20/h1-13,22,27H,14H2;1-13H,14H2;1-13H;4-9,12-13,21,26H,1-3,10-11H2;1-8,16,22H,9H2. The Kier molecular flexibility index (Phi) is 31.5. The molecular weight excluding hydrogens is 1960 g/mol. The van der Waals surface area contributed by atoms with Gasteiger partial charge in [-0.15, -0.1) is 0 Å². The van der Waals surface area contributed by atoms with E-state index in [0.29, 0.717) is 68.2 Å². The Morgan fingerprint density at radius 2 is 0.664 bits per heavy atom. The minimum absolute atomic E-state index is 0.0304.